The fourth-order valence-corrected chi connectivity index (χ4v) is 3.32. The van der Waals surface area contributed by atoms with E-state index in [-0.39, 0.29) is 11.2 Å². The van der Waals surface area contributed by atoms with Crippen LogP contribution in [0.25, 0.3) is 10.8 Å². The highest BCUT2D eigenvalue weighted by Gasteiger charge is 2.19. The Morgan fingerprint density at radius 1 is 0.857 bits per heavy atom. The van der Waals surface area contributed by atoms with Crippen LogP contribution >= 0.6 is 11.8 Å². The van der Waals surface area contributed by atoms with Gasteiger partial charge in [-0.1, -0.05) is 60.7 Å². The molecule has 0 saturated carbocycles. The molecule has 0 aliphatic rings. The van der Waals surface area contributed by atoms with E-state index >= 15 is 0 Å². The van der Waals surface area contributed by atoms with E-state index in [4.69, 9.17) is 5.73 Å². The summed E-state index contributed by atoms with van der Waals surface area (Å²) in [6.45, 7) is 0. The number of hydrogen-bond acceptors (Lipinski definition) is 2. The number of benzene rings is 3. The van der Waals surface area contributed by atoms with Gasteiger partial charge < -0.3 is 5.73 Å². The lowest BCUT2D eigenvalue weighted by Crippen LogP contribution is -2.18. The summed E-state index contributed by atoms with van der Waals surface area (Å²) in [6.07, 6.45) is 0. The van der Waals surface area contributed by atoms with E-state index in [1.165, 1.54) is 22.5 Å². The van der Waals surface area contributed by atoms with Crippen LogP contribution in [0, 0.1) is 0 Å². The van der Waals surface area contributed by atoms with Gasteiger partial charge in [0.1, 0.15) is 5.25 Å². The number of fused-ring (bicyclic) bond motifs is 1. The standard InChI is InChI=1S/C18H15NOS/c19-18(20)17(14-7-2-1-3-8-14)21-16-11-10-13-6-4-5-9-15(13)12-16/h1-12,17H,(H2,19,20)/t17-/m1/s1. The zero-order valence-electron chi connectivity index (χ0n) is 11.4. The van der Waals surface area contributed by atoms with Gasteiger partial charge in [-0.05, 0) is 28.5 Å². The molecule has 0 spiro atoms. The van der Waals surface area contributed by atoms with E-state index in [9.17, 15) is 4.79 Å². The van der Waals surface area contributed by atoms with Gasteiger partial charge >= 0.3 is 0 Å². The van der Waals surface area contributed by atoms with Crippen LogP contribution in [0.15, 0.2) is 77.7 Å². The van der Waals surface area contributed by atoms with Crippen molar-refractivity contribution in [1.82, 2.24) is 0 Å². The molecule has 21 heavy (non-hydrogen) atoms. The highest BCUT2D eigenvalue weighted by Crippen LogP contribution is 2.36. The first-order valence-corrected chi connectivity index (χ1v) is 7.62. The first kappa shape index (κ1) is 13.7. The molecule has 0 saturated heterocycles. The predicted octanol–water partition coefficient (Wildman–Crippen LogP) is 4.16. The Labute approximate surface area is 128 Å². The number of hydrogen-bond donors (Lipinski definition) is 1. The van der Waals surface area contributed by atoms with Gasteiger partial charge in [-0.2, -0.15) is 0 Å². The van der Waals surface area contributed by atoms with E-state index in [1.54, 1.807) is 0 Å². The van der Waals surface area contributed by atoms with E-state index < -0.39 is 0 Å². The summed E-state index contributed by atoms with van der Waals surface area (Å²) in [7, 11) is 0. The van der Waals surface area contributed by atoms with Crippen molar-refractivity contribution in [2.45, 2.75) is 10.1 Å². The molecule has 0 bridgehead atoms. The molecular weight excluding hydrogens is 278 g/mol. The van der Waals surface area contributed by atoms with Gasteiger partial charge in [0.05, 0.1) is 0 Å². The maximum Gasteiger partial charge on any atom is 0.235 e. The molecule has 0 aromatic heterocycles. The monoisotopic (exact) mass is 293 g/mol. The summed E-state index contributed by atoms with van der Waals surface area (Å²) in [4.78, 5) is 12.8. The van der Waals surface area contributed by atoms with Crippen molar-refractivity contribution >= 4 is 28.4 Å². The molecule has 0 aliphatic carbocycles. The van der Waals surface area contributed by atoms with Gasteiger partial charge in [-0.25, -0.2) is 0 Å². The van der Waals surface area contributed by atoms with Gasteiger partial charge in [0.25, 0.3) is 0 Å². The molecule has 3 rings (SSSR count). The third-order valence-corrected chi connectivity index (χ3v) is 4.60. The van der Waals surface area contributed by atoms with Gasteiger partial charge in [0.2, 0.25) is 5.91 Å². The third-order valence-electron chi connectivity index (χ3n) is 3.34. The number of rotatable bonds is 4. The van der Waals surface area contributed by atoms with E-state index in [0.717, 1.165) is 10.5 Å². The molecule has 0 radical (unpaired) electrons. The minimum atomic E-state index is -0.368. The minimum Gasteiger partial charge on any atom is -0.368 e. The summed E-state index contributed by atoms with van der Waals surface area (Å²) in [6, 6.07) is 24.0. The van der Waals surface area contributed by atoms with Crippen LogP contribution in [0.4, 0.5) is 0 Å². The zero-order valence-corrected chi connectivity index (χ0v) is 12.2. The molecule has 3 aromatic carbocycles. The third kappa shape index (κ3) is 3.09. The summed E-state index contributed by atoms with van der Waals surface area (Å²) in [5, 5.41) is 1.99. The SMILES string of the molecule is NC(=O)[C@H](Sc1ccc2ccccc2c1)c1ccccc1. The average molecular weight is 293 g/mol. The smallest absolute Gasteiger partial charge is 0.235 e. The summed E-state index contributed by atoms with van der Waals surface area (Å²) in [5.74, 6) is -0.320. The van der Waals surface area contributed by atoms with Crippen molar-refractivity contribution in [3.63, 3.8) is 0 Å². The number of amides is 1. The number of primary amides is 1. The molecule has 2 N–H and O–H groups in total. The molecule has 1 atom stereocenters. The lowest BCUT2D eigenvalue weighted by atomic mass is 10.1. The maximum absolute atomic E-state index is 11.8. The van der Waals surface area contributed by atoms with E-state index in [2.05, 4.69) is 24.3 Å². The lowest BCUT2D eigenvalue weighted by molar-refractivity contribution is -0.117. The first-order chi connectivity index (χ1) is 10.2. The van der Waals surface area contributed by atoms with Crippen LogP contribution < -0.4 is 5.73 Å². The van der Waals surface area contributed by atoms with Crippen LogP contribution in [-0.4, -0.2) is 5.91 Å². The van der Waals surface area contributed by atoms with Crippen molar-refractivity contribution in [2.75, 3.05) is 0 Å². The molecule has 3 aromatic rings. The van der Waals surface area contributed by atoms with Crippen molar-refractivity contribution in [3.8, 4) is 0 Å². The molecule has 0 aliphatic heterocycles. The highest BCUT2D eigenvalue weighted by atomic mass is 32.2. The molecule has 1 amide bonds. The fourth-order valence-electron chi connectivity index (χ4n) is 2.30. The second-order valence-electron chi connectivity index (χ2n) is 4.82. The van der Waals surface area contributed by atoms with Crippen LogP contribution in [0.3, 0.4) is 0 Å². The normalized spacial score (nSPS) is 12.2. The Balaban J connectivity index is 1.93. The van der Waals surface area contributed by atoms with Crippen LogP contribution in [0.1, 0.15) is 10.8 Å². The molecule has 0 heterocycles. The van der Waals surface area contributed by atoms with Crippen LogP contribution in [-0.2, 0) is 4.79 Å². The molecule has 3 heteroatoms. The van der Waals surface area contributed by atoms with Gasteiger partial charge in [-0.3, -0.25) is 4.79 Å². The number of nitrogens with two attached hydrogens (primary N) is 1. The maximum atomic E-state index is 11.8. The fraction of sp³-hybridized carbons (Fsp3) is 0.0556. The first-order valence-electron chi connectivity index (χ1n) is 6.74. The summed E-state index contributed by atoms with van der Waals surface area (Å²) >= 11 is 1.49. The van der Waals surface area contributed by atoms with E-state index in [0.29, 0.717) is 0 Å². The number of carbonyl (C=O) groups is 1. The lowest BCUT2D eigenvalue weighted by Gasteiger charge is -2.13. The van der Waals surface area contributed by atoms with E-state index in [1.807, 2.05) is 48.5 Å². The highest BCUT2D eigenvalue weighted by molar-refractivity contribution is 8.00. The van der Waals surface area contributed by atoms with Crippen molar-refractivity contribution in [1.29, 1.82) is 0 Å². The Bertz CT molecular complexity index is 770. The zero-order chi connectivity index (χ0) is 14.7. The predicted molar refractivity (Wildman–Crippen MR) is 88.2 cm³/mol. The second kappa shape index (κ2) is 6.02. The average Bonchev–Trinajstić information content (AvgIpc) is 2.53. The van der Waals surface area contributed by atoms with Gasteiger partial charge in [-0.15, -0.1) is 11.8 Å². The molecule has 0 unspecified atom stereocenters. The molecular formula is C18H15NOS. The quantitative estimate of drug-likeness (QED) is 0.734. The minimum absolute atomic E-state index is 0.320. The van der Waals surface area contributed by atoms with Crippen molar-refractivity contribution in [3.05, 3.63) is 78.4 Å². The molecule has 104 valence electrons. The number of carbonyl (C=O) groups excluding carboxylic acids is 1. The Kier molecular flexibility index (Phi) is 3.93. The second-order valence-corrected chi connectivity index (χ2v) is 6.00. The number of thioether (sulfide) groups is 1. The van der Waals surface area contributed by atoms with Gasteiger partial charge in [0.15, 0.2) is 0 Å². The molecule has 2 nitrogen and oxygen atoms in total. The Morgan fingerprint density at radius 2 is 1.52 bits per heavy atom. The largest absolute Gasteiger partial charge is 0.368 e. The van der Waals surface area contributed by atoms with Crippen LogP contribution in [0.5, 0.6) is 0 Å². The topological polar surface area (TPSA) is 43.1 Å². The summed E-state index contributed by atoms with van der Waals surface area (Å²) in [5.41, 5.74) is 6.50. The van der Waals surface area contributed by atoms with Crippen molar-refractivity contribution in [2.24, 2.45) is 5.73 Å². The molecule has 0 fully saturated rings. The Hall–Kier alpha value is -2.26. The summed E-state index contributed by atoms with van der Waals surface area (Å²) < 4.78 is 0. The van der Waals surface area contributed by atoms with Crippen molar-refractivity contribution < 1.29 is 4.79 Å². The Morgan fingerprint density at radius 3 is 2.24 bits per heavy atom. The van der Waals surface area contributed by atoms with Gasteiger partial charge in [0, 0.05) is 4.90 Å². The van der Waals surface area contributed by atoms with Crippen LogP contribution in [0.2, 0.25) is 0 Å².